The maximum absolute atomic E-state index is 12.1. The number of hydrogen-bond acceptors (Lipinski definition) is 3. The Morgan fingerprint density at radius 1 is 1.48 bits per heavy atom. The van der Waals surface area contributed by atoms with Crippen LogP contribution in [0.15, 0.2) is 36.9 Å². The van der Waals surface area contributed by atoms with Gasteiger partial charge in [-0.05, 0) is 30.9 Å². The van der Waals surface area contributed by atoms with Crippen molar-refractivity contribution in [2.75, 3.05) is 13.2 Å². The molecule has 2 aromatic rings. The van der Waals surface area contributed by atoms with E-state index in [9.17, 15) is 4.79 Å². The summed E-state index contributed by atoms with van der Waals surface area (Å²) in [5.74, 6) is 0.566. The summed E-state index contributed by atoms with van der Waals surface area (Å²) < 4.78 is 7.23. The average molecular weight is 334 g/mol. The molecule has 1 fully saturated rings. The van der Waals surface area contributed by atoms with Gasteiger partial charge in [-0.3, -0.25) is 4.79 Å². The minimum Gasteiger partial charge on any atom is -0.381 e. The van der Waals surface area contributed by atoms with Crippen molar-refractivity contribution in [3.05, 3.63) is 47.5 Å². The van der Waals surface area contributed by atoms with Gasteiger partial charge in [0.1, 0.15) is 0 Å². The lowest BCUT2D eigenvalue weighted by molar-refractivity contribution is -0.121. The molecule has 1 atom stereocenters. The Labute approximate surface area is 140 Å². The van der Waals surface area contributed by atoms with E-state index in [1.165, 1.54) is 0 Å². The molecule has 1 unspecified atom stereocenters. The molecule has 122 valence electrons. The third-order valence-corrected chi connectivity index (χ3v) is 4.50. The predicted molar refractivity (Wildman–Crippen MR) is 88.6 cm³/mol. The molecule has 5 nitrogen and oxygen atoms in total. The molecular formula is C17H20ClN3O2. The lowest BCUT2D eigenvalue weighted by Crippen LogP contribution is -2.24. The van der Waals surface area contributed by atoms with Crippen molar-refractivity contribution >= 4 is 17.5 Å². The van der Waals surface area contributed by atoms with Crippen LogP contribution >= 0.6 is 11.6 Å². The third kappa shape index (κ3) is 4.12. The molecule has 1 saturated heterocycles. The topological polar surface area (TPSA) is 56.1 Å². The van der Waals surface area contributed by atoms with E-state index in [2.05, 4.69) is 10.3 Å². The van der Waals surface area contributed by atoms with Crippen LogP contribution in [-0.2, 0) is 16.1 Å². The van der Waals surface area contributed by atoms with Crippen LogP contribution < -0.4 is 5.32 Å². The average Bonchev–Trinajstić information content (AvgIpc) is 3.24. The van der Waals surface area contributed by atoms with Crippen molar-refractivity contribution in [1.82, 2.24) is 14.9 Å². The number of imidazole rings is 1. The molecule has 0 aliphatic carbocycles. The number of ether oxygens (including phenoxy) is 1. The molecule has 1 aromatic heterocycles. The molecular weight excluding hydrogens is 314 g/mol. The van der Waals surface area contributed by atoms with Crippen molar-refractivity contribution in [2.45, 2.75) is 25.8 Å². The lowest BCUT2D eigenvalue weighted by atomic mass is 10.0. The van der Waals surface area contributed by atoms with E-state index in [1.54, 1.807) is 12.5 Å². The van der Waals surface area contributed by atoms with Crippen LogP contribution in [-0.4, -0.2) is 28.7 Å². The third-order valence-electron chi connectivity index (χ3n) is 4.14. The highest BCUT2D eigenvalue weighted by atomic mass is 35.5. The number of rotatable bonds is 6. The SMILES string of the molecule is O=C(CCC1CCOC1)NCc1c(Cl)cccc1-n1ccnc1. The summed E-state index contributed by atoms with van der Waals surface area (Å²) in [6, 6.07) is 5.69. The number of hydrogen-bond donors (Lipinski definition) is 1. The summed E-state index contributed by atoms with van der Waals surface area (Å²) in [7, 11) is 0. The fourth-order valence-electron chi connectivity index (χ4n) is 2.79. The van der Waals surface area contributed by atoms with Crippen molar-refractivity contribution in [3.63, 3.8) is 0 Å². The van der Waals surface area contributed by atoms with Gasteiger partial charge in [0, 0.05) is 49.2 Å². The Kier molecular flexibility index (Phi) is 5.31. The van der Waals surface area contributed by atoms with Crippen LogP contribution in [0, 0.1) is 5.92 Å². The highest BCUT2D eigenvalue weighted by Crippen LogP contribution is 2.23. The van der Waals surface area contributed by atoms with Crippen LogP contribution in [0.3, 0.4) is 0 Å². The van der Waals surface area contributed by atoms with E-state index < -0.39 is 0 Å². The van der Waals surface area contributed by atoms with Crippen molar-refractivity contribution < 1.29 is 9.53 Å². The summed E-state index contributed by atoms with van der Waals surface area (Å²) in [6.45, 7) is 2.01. The Bertz CT molecular complexity index is 652. The number of carbonyl (C=O) groups excluding carboxylic acids is 1. The first-order chi connectivity index (χ1) is 11.2. The first-order valence-corrected chi connectivity index (χ1v) is 8.22. The molecule has 1 N–H and O–H groups in total. The minimum atomic E-state index is 0.0494. The predicted octanol–water partition coefficient (Wildman–Crippen LogP) is 2.96. The largest absolute Gasteiger partial charge is 0.381 e. The summed E-state index contributed by atoms with van der Waals surface area (Å²) in [5, 5.41) is 3.61. The molecule has 2 heterocycles. The lowest BCUT2D eigenvalue weighted by Gasteiger charge is -2.13. The Morgan fingerprint density at radius 2 is 2.39 bits per heavy atom. The molecule has 0 saturated carbocycles. The van der Waals surface area contributed by atoms with Gasteiger partial charge < -0.3 is 14.6 Å². The van der Waals surface area contributed by atoms with Crippen LogP contribution in [0.25, 0.3) is 5.69 Å². The van der Waals surface area contributed by atoms with Gasteiger partial charge in [-0.15, -0.1) is 0 Å². The van der Waals surface area contributed by atoms with E-state index in [0.717, 1.165) is 37.3 Å². The minimum absolute atomic E-state index is 0.0494. The first kappa shape index (κ1) is 16.0. The second kappa shape index (κ2) is 7.62. The molecule has 1 amide bonds. The Hall–Kier alpha value is -1.85. The van der Waals surface area contributed by atoms with Gasteiger partial charge in [0.2, 0.25) is 5.91 Å². The van der Waals surface area contributed by atoms with E-state index >= 15 is 0 Å². The maximum atomic E-state index is 12.1. The van der Waals surface area contributed by atoms with E-state index in [0.29, 0.717) is 23.9 Å². The van der Waals surface area contributed by atoms with Gasteiger partial charge in [0.15, 0.2) is 0 Å². The van der Waals surface area contributed by atoms with Gasteiger partial charge in [-0.2, -0.15) is 0 Å². The molecule has 3 rings (SSSR count). The van der Waals surface area contributed by atoms with Crippen molar-refractivity contribution in [2.24, 2.45) is 5.92 Å². The molecule has 1 aliphatic rings. The normalized spacial score (nSPS) is 17.3. The summed E-state index contributed by atoms with van der Waals surface area (Å²) in [4.78, 5) is 16.1. The number of amides is 1. The smallest absolute Gasteiger partial charge is 0.220 e. The number of benzene rings is 1. The highest BCUT2D eigenvalue weighted by Gasteiger charge is 2.17. The van der Waals surface area contributed by atoms with Gasteiger partial charge in [0.25, 0.3) is 0 Å². The molecule has 0 radical (unpaired) electrons. The van der Waals surface area contributed by atoms with Crippen LogP contribution in [0.4, 0.5) is 0 Å². The molecule has 0 spiro atoms. The zero-order chi connectivity index (χ0) is 16.1. The maximum Gasteiger partial charge on any atom is 0.220 e. The quantitative estimate of drug-likeness (QED) is 0.884. The number of nitrogens with one attached hydrogen (secondary N) is 1. The summed E-state index contributed by atoms with van der Waals surface area (Å²) in [6.07, 6.45) is 7.76. The van der Waals surface area contributed by atoms with Gasteiger partial charge in [-0.25, -0.2) is 4.98 Å². The fourth-order valence-corrected chi connectivity index (χ4v) is 3.02. The number of nitrogens with zero attached hydrogens (tertiary/aromatic N) is 2. The zero-order valence-electron chi connectivity index (χ0n) is 12.9. The van der Waals surface area contributed by atoms with Gasteiger partial charge in [-0.1, -0.05) is 17.7 Å². The Balaban J connectivity index is 1.60. The van der Waals surface area contributed by atoms with Crippen molar-refractivity contribution in [1.29, 1.82) is 0 Å². The molecule has 1 aliphatic heterocycles. The van der Waals surface area contributed by atoms with Crippen molar-refractivity contribution in [3.8, 4) is 5.69 Å². The van der Waals surface area contributed by atoms with Gasteiger partial charge >= 0.3 is 0 Å². The van der Waals surface area contributed by atoms with Crippen LogP contribution in [0.1, 0.15) is 24.8 Å². The fraction of sp³-hybridized carbons (Fsp3) is 0.412. The standard InChI is InChI=1S/C17H20ClN3O2/c18-15-2-1-3-16(21-8-7-19-12-21)14(15)10-20-17(22)5-4-13-6-9-23-11-13/h1-3,7-8,12-13H,4-6,9-11H2,(H,20,22). The second-order valence-corrected chi connectivity index (χ2v) is 6.16. The van der Waals surface area contributed by atoms with Crippen LogP contribution in [0.2, 0.25) is 5.02 Å². The van der Waals surface area contributed by atoms with Gasteiger partial charge in [0.05, 0.1) is 12.0 Å². The summed E-state index contributed by atoms with van der Waals surface area (Å²) in [5.41, 5.74) is 1.82. The second-order valence-electron chi connectivity index (χ2n) is 5.75. The number of aromatic nitrogens is 2. The Morgan fingerprint density at radius 3 is 3.13 bits per heavy atom. The summed E-state index contributed by atoms with van der Waals surface area (Å²) >= 11 is 6.31. The highest BCUT2D eigenvalue weighted by molar-refractivity contribution is 6.31. The molecule has 1 aromatic carbocycles. The van der Waals surface area contributed by atoms with Crippen LogP contribution in [0.5, 0.6) is 0 Å². The number of carbonyl (C=O) groups is 1. The monoisotopic (exact) mass is 333 g/mol. The zero-order valence-corrected chi connectivity index (χ0v) is 13.6. The molecule has 6 heteroatoms. The molecule has 23 heavy (non-hydrogen) atoms. The molecule has 0 bridgehead atoms. The van der Waals surface area contributed by atoms with E-state index in [-0.39, 0.29) is 5.91 Å². The first-order valence-electron chi connectivity index (χ1n) is 7.84. The number of halogens is 1. The van der Waals surface area contributed by atoms with E-state index in [1.807, 2.05) is 29.0 Å². The van der Waals surface area contributed by atoms with E-state index in [4.69, 9.17) is 16.3 Å².